The van der Waals surface area contributed by atoms with Gasteiger partial charge < -0.3 is 20.1 Å². The summed E-state index contributed by atoms with van der Waals surface area (Å²) in [6.45, 7) is 3.59. The number of hydrogen-bond donors (Lipinski definition) is 2. The lowest BCUT2D eigenvalue weighted by atomic mass is 9.92. The largest absolute Gasteiger partial charge is 0.481 e. The van der Waals surface area contributed by atoms with Crippen LogP contribution in [0.5, 0.6) is 0 Å². The minimum atomic E-state index is -0.733. The second-order valence-corrected chi connectivity index (χ2v) is 6.02. The van der Waals surface area contributed by atoms with Crippen LogP contribution in [0.1, 0.15) is 38.5 Å². The lowest BCUT2D eigenvalue weighted by molar-refractivity contribution is -0.141. The van der Waals surface area contributed by atoms with E-state index in [1.54, 1.807) is 0 Å². The predicted octanol–water partition coefficient (Wildman–Crippen LogP) is 0.858. The van der Waals surface area contributed by atoms with Crippen molar-refractivity contribution in [3.8, 4) is 0 Å². The normalized spacial score (nSPS) is 21.4. The number of nitrogens with zero attached hydrogens (tertiary/aromatic N) is 1. The lowest BCUT2D eigenvalue weighted by Gasteiger charge is -2.32. The summed E-state index contributed by atoms with van der Waals surface area (Å²) in [5, 5.41) is 12.0. The predicted molar refractivity (Wildman–Crippen MR) is 78.0 cm³/mol. The fourth-order valence-electron chi connectivity index (χ4n) is 3.04. The van der Waals surface area contributed by atoms with Gasteiger partial charge in [-0.25, -0.2) is 0 Å². The zero-order valence-electron chi connectivity index (χ0n) is 12.6. The molecule has 0 aromatic heterocycles. The Bertz CT molecular complexity index is 348. The SMILES string of the molecule is O=C(O)CCC1CCN(C(=O)COC2CCNCC2)CC1. The molecule has 2 aliphatic heterocycles. The highest BCUT2D eigenvalue weighted by Gasteiger charge is 2.24. The van der Waals surface area contributed by atoms with E-state index in [4.69, 9.17) is 9.84 Å². The van der Waals surface area contributed by atoms with Crippen LogP contribution in [0, 0.1) is 5.92 Å². The van der Waals surface area contributed by atoms with Crippen LogP contribution in [0.3, 0.4) is 0 Å². The van der Waals surface area contributed by atoms with E-state index in [9.17, 15) is 9.59 Å². The number of carboxylic acids is 1. The smallest absolute Gasteiger partial charge is 0.303 e. The van der Waals surface area contributed by atoms with Gasteiger partial charge in [-0.05, 0) is 51.1 Å². The van der Waals surface area contributed by atoms with Crippen molar-refractivity contribution in [2.24, 2.45) is 5.92 Å². The second-order valence-electron chi connectivity index (χ2n) is 6.02. The minimum absolute atomic E-state index is 0.0743. The molecule has 0 atom stereocenters. The number of carbonyl (C=O) groups excluding carboxylic acids is 1. The van der Waals surface area contributed by atoms with Gasteiger partial charge in [-0.1, -0.05) is 0 Å². The van der Waals surface area contributed by atoms with Crippen LogP contribution < -0.4 is 5.32 Å². The van der Waals surface area contributed by atoms with Crippen LogP contribution in [-0.4, -0.2) is 60.8 Å². The number of aliphatic carboxylic acids is 1. The molecule has 21 heavy (non-hydrogen) atoms. The molecule has 120 valence electrons. The van der Waals surface area contributed by atoms with Crippen molar-refractivity contribution >= 4 is 11.9 Å². The van der Waals surface area contributed by atoms with Crippen molar-refractivity contribution in [1.82, 2.24) is 10.2 Å². The first kappa shape index (κ1) is 16.2. The third kappa shape index (κ3) is 5.63. The van der Waals surface area contributed by atoms with Gasteiger partial charge in [0.1, 0.15) is 6.61 Å². The zero-order valence-corrected chi connectivity index (χ0v) is 12.6. The first-order valence-electron chi connectivity index (χ1n) is 7.97. The standard InChI is InChI=1S/C15H26N2O4/c18-14(11-21-13-3-7-16-8-4-13)17-9-5-12(6-10-17)1-2-15(19)20/h12-13,16H,1-11H2,(H,19,20). The third-order valence-corrected chi connectivity index (χ3v) is 4.46. The van der Waals surface area contributed by atoms with Crippen LogP contribution in [-0.2, 0) is 14.3 Å². The molecule has 2 aliphatic rings. The third-order valence-electron chi connectivity index (χ3n) is 4.46. The fraction of sp³-hybridized carbons (Fsp3) is 0.867. The average Bonchev–Trinajstić information content (AvgIpc) is 2.52. The van der Waals surface area contributed by atoms with Gasteiger partial charge in [0.2, 0.25) is 5.91 Å². The van der Waals surface area contributed by atoms with Crippen molar-refractivity contribution in [3.05, 3.63) is 0 Å². The van der Waals surface area contributed by atoms with Crippen molar-refractivity contribution in [2.75, 3.05) is 32.8 Å². The number of amides is 1. The Labute approximate surface area is 125 Å². The van der Waals surface area contributed by atoms with Crippen LogP contribution in [0.2, 0.25) is 0 Å². The van der Waals surface area contributed by atoms with Gasteiger partial charge in [0.05, 0.1) is 6.10 Å². The average molecular weight is 298 g/mol. The number of piperidine rings is 2. The molecule has 0 saturated carbocycles. The maximum absolute atomic E-state index is 12.1. The molecule has 2 N–H and O–H groups in total. The number of carboxylic acid groups (broad SMARTS) is 1. The molecular weight excluding hydrogens is 272 g/mol. The number of nitrogens with one attached hydrogen (secondary N) is 1. The van der Waals surface area contributed by atoms with Gasteiger partial charge in [-0.15, -0.1) is 0 Å². The summed E-state index contributed by atoms with van der Waals surface area (Å²) in [7, 11) is 0. The zero-order chi connectivity index (χ0) is 15.1. The quantitative estimate of drug-likeness (QED) is 0.760. The van der Waals surface area contributed by atoms with Crippen LogP contribution in [0.4, 0.5) is 0 Å². The summed E-state index contributed by atoms with van der Waals surface area (Å²) in [5.41, 5.74) is 0. The van der Waals surface area contributed by atoms with Crippen molar-refractivity contribution in [1.29, 1.82) is 0 Å². The van der Waals surface area contributed by atoms with Crippen LogP contribution >= 0.6 is 0 Å². The molecule has 2 heterocycles. The molecule has 0 aromatic rings. The summed E-state index contributed by atoms with van der Waals surface area (Å²) >= 11 is 0. The van der Waals surface area contributed by atoms with E-state index in [-0.39, 0.29) is 25.0 Å². The molecule has 2 fully saturated rings. The van der Waals surface area contributed by atoms with E-state index in [1.165, 1.54) is 0 Å². The van der Waals surface area contributed by atoms with Crippen molar-refractivity contribution < 1.29 is 19.4 Å². The van der Waals surface area contributed by atoms with Gasteiger partial charge in [0.15, 0.2) is 0 Å². The molecule has 0 radical (unpaired) electrons. The molecule has 0 unspecified atom stereocenters. The van der Waals surface area contributed by atoms with Gasteiger partial charge >= 0.3 is 5.97 Å². The minimum Gasteiger partial charge on any atom is -0.481 e. The van der Waals surface area contributed by atoms with E-state index in [1.807, 2.05) is 4.90 Å². The monoisotopic (exact) mass is 298 g/mol. The molecule has 0 bridgehead atoms. The molecule has 0 spiro atoms. The first-order valence-corrected chi connectivity index (χ1v) is 7.97. The van der Waals surface area contributed by atoms with Gasteiger partial charge in [-0.2, -0.15) is 0 Å². The topological polar surface area (TPSA) is 78.9 Å². The molecule has 2 saturated heterocycles. The number of ether oxygens (including phenoxy) is 1. The Hall–Kier alpha value is -1.14. The highest BCUT2D eigenvalue weighted by atomic mass is 16.5. The highest BCUT2D eigenvalue weighted by molar-refractivity contribution is 5.77. The van der Waals surface area contributed by atoms with Gasteiger partial charge in [0, 0.05) is 19.5 Å². The molecule has 0 aromatic carbocycles. The molecule has 6 nitrogen and oxygen atoms in total. The van der Waals surface area contributed by atoms with E-state index in [2.05, 4.69) is 5.32 Å². The molecule has 2 rings (SSSR count). The maximum atomic E-state index is 12.1. The maximum Gasteiger partial charge on any atom is 0.303 e. The van der Waals surface area contributed by atoms with Crippen molar-refractivity contribution in [3.63, 3.8) is 0 Å². The van der Waals surface area contributed by atoms with Crippen LogP contribution in [0.25, 0.3) is 0 Å². The summed E-state index contributed by atoms with van der Waals surface area (Å²) in [5.74, 6) is -0.218. The van der Waals surface area contributed by atoms with E-state index in [0.29, 0.717) is 5.92 Å². The number of likely N-dealkylation sites (tertiary alicyclic amines) is 1. The van der Waals surface area contributed by atoms with E-state index < -0.39 is 5.97 Å². The highest BCUT2D eigenvalue weighted by Crippen LogP contribution is 2.22. The Morgan fingerprint density at radius 3 is 2.43 bits per heavy atom. The molecule has 0 aliphatic carbocycles. The number of carbonyl (C=O) groups is 2. The Morgan fingerprint density at radius 2 is 1.81 bits per heavy atom. The molecule has 1 amide bonds. The Morgan fingerprint density at radius 1 is 1.14 bits per heavy atom. The van der Waals surface area contributed by atoms with Gasteiger partial charge in [0.25, 0.3) is 0 Å². The Balaban J connectivity index is 1.62. The fourth-order valence-corrected chi connectivity index (χ4v) is 3.04. The summed E-state index contributed by atoms with van der Waals surface area (Å²) in [4.78, 5) is 24.5. The van der Waals surface area contributed by atoms with Gasteiger partial charge in [-0.3, -0.25) is 9.59 Å². The Kier molecular flexibility index (Phi) is 6.45. The molecular formula is C15H26N2O4. The number of rotatable bonds is 6. The molecule has 6 heteroatoms. The van der Waals surface area contributed by atoms with E-state index >= 15 is 0 Å². The van der Waals surface area contributed by atoms with E-state index in [0.717, 1.165) is 58.3 Å². The summed E-state index contributed by atoms with van der Waals surface area (Å²) in [6.07, 6.45) is 4.94. The first-order chi connectivity index (χ1) is 10.1. The van der Waals surface area contributed by atoms with Crippen molar-refractivity contribution in [2.45, 2.75) is 44.6 Å². The summed E-state index contributed by atoms with van der Waals surface area (Å²) < 4.78 is 5.69. The van der Waals surface area contributed by atoms with Crippen LogP contribution in [0.15, 0.2) is 0 Å². The second kappa shape index (κ2) is 8.34. The summed E-state index contributed by atoms with van der Waals surface area (Å²) in [6, 6.07) is 0. The lowest BCUT2D eigenvalue weighted by Crippen LogP contribution is -2.42. The number of hydrogen-bond acceptors (Lipinski definition) is 4.